The maximum Gasteiger partial charge on any atom is 0.151 e. The van der Waals surface area contributed by atoms with Gasteiger partial charge < -0.3 is 10.0 Å². The topological polar surface area (TPSA) is 62.1 Å². The van der Waals surface area contributed by atoms with E-state index in [1.165, 1.54) is 0 Å². The number of aliphatic hydroxyl groups is 1. The maximum absolute atomic E-state index is 10.8. The van der Waals surface area contributed by atoms with E-state index in [9.17, 15) is 5.11 Å². The number of aromatic nitrogens is 3. The largest absolute Gasteiger partial charge is 0.385 e. The minimum atomic E-state index is -0.820. The Hall–Kier alpha value is -1.72. The molecule has 0 spiro atoms. The molecule has 110 valence electrons. The lowest BCUT2D eigenvalue weighted by molar-refractivity contribution is 0.0113. The Labute approximate surface area is 128 Å². The van der Waals surface area contributed by atoms with E-state index in [4.69, 9.17) is 11.6 Å². The van der Waals surface area contributed by atoms with Gasteiger partial charge in [-0.05, 0) is 25.8 Å². The van der Waals surface area contributed by atoms with Crippen molar-refractivity contribution in [1.82, 2.24) is 15.0 Å². The minimum absolute atomic E-state index is 0.549. The summed E-state index contributed by atoms with van der Waals surface area (Å²) in [6.45, 7) is 3.24. The molecule has 1 aliphatic heterocycles. The molecule has 1 fully saturated rings. The number of hydrogen-bond acceptors (Lipinski definition) is 5. The SMILES string of the molecule is Cc1ncc(Cl)c(N2CCC(O)(c3cccnc3)CC2)n1. The summed E-state index contributed by atoms with van der Waals surface area (Å²) in [5.74, 6) is 1.44. The average Bonchev–Trinajstić information content (AvgIpc) is 2.52. The van der Waals surface area contributed by atoms with Gasteiger partial charge in [0.05, 0.1) is 11.8 Å². The molecule has 0 amide bonds. The first-order chi connectivity index (χ1) is 10.1. The lowest BCUT2D eigenvalue weighted by Gasteiger charge is -2.39. The van der Waals surface area contributed by atoms with E-state index in [0.717, 1.165) is 11.4 Å². The third-order valence-electron chi connectivity index (χ3n) is 3.94. The second kappa shape index (κ2) is 5.58. The highest BCUT2D eigenvalue weighted by Gasteiger charge is 2.35. The van der Waals surface area contributed by atoms with Crippen LogP contribution in [0.1, 0.15) is 24.2 Å². The highest BCUT2D eigenvalue weighted by molar-refractivity contribution is 6.32. The molecule has 21 heavy (non-hydrogen) atoms. The van der Waals surface area contributed by atoms with E-state index in [1.807, 2.05) is 19.1 Å². The molecule has 0 unspecified atom stereocenters. The fourth-order valence-corrected chi connectivity index (χ4v) is 2.89. The first-order valence-electron chi connectivity index (χ1n) is 6.95. The van der Waals surface area contributed by atoms with Crippen LogP contribution in [0.3, 0.4) is 0 Å². The average molecular weight is 305 g/mol. The van der Waals surface area contributed by atoms with E-state index in [2.05, 4.69) is 19.9 Å². The molecule has 2 aromatic heterocycles. The van der Waals surface area contributed by atoms with Crippen LogP contribution in [0.4, 0.5) is 5.82 Å². The molecule has 1 saturated heterocycles. The zero-order chi connectivity index (χ0) is 14.9. The first kappa shape index (κ1) is 14.2. The fourth-order valence-electron chi connectivity index (χ4n) is 2.68. The van der Waals surface area contributed by atoms with Gasteiger partial charge in [-0.1, -0.05) is 17.7 Å². The van der Waals surface area contributed by atoms with Gasteiger partial charge in [0.2, 0.25) is 0 Å². The lowest BCUT2D eigenvalue weighted by atomic mass is 9.85. The smallest absolute Gasteiger partial charge is 0.151 e. The molecule has 0 radical (unpaired) electrons. The van der Waals surface area contributed by atoms with Crippen molar-refractivity contribution in [2.24, 2.45) is 0 Å². The number of rotatable bonds is 2. The van der Waals surface area contributed by atoms with Crippen LogP contribution >= 0.6 is 11.6 Å². The van der Waals surface area contributed by atoms with E-state index in [0.29, 0.717) is 36.8 Å². The molecule has 0 bridgehead atoms. The number of hydrogen-bond donors (Lipinski definition) is 1. The second-order valence-corrected chi connectivity index (χ2v) is 5.76. The molecular weight excluding hydrogens is 288 g/mol. The van der Waals surface area contributed by atoms with Crippen molar-refractivity contribution in [3.8, 4) is 0 Å². The van der Waals surface area contributed by atoms with E-state index in [-0.39, 0.29) is 0 Å². The predicted molar refractivity (Wildman–Crippen MR) is 81.4 cm³/mol. The summed E-state index contributed by atoms with van der Waals surface area (Å²) in [7, 11) is 0. The van der Waals surface area contributed by atoms with Crippen molar-refractivity contribution in [1.29, 1.82) is 0 Å². The Morgan fingerprint density at radius 2 is 2.05 bits per heavy atom. The molecule has 0 saturated carbocycles. The van der Waals surface area contributed by atoms with Gasteiger partial charge in [0.1, 0.15) is 10.8 Å². The first-order valence-corrected chi connectivity index (χ1v) is 7.33. The van der Waals surface area contributed by atoms with Crippen LogP contribution in [0.15, 0.2) is 30.7 Å². The highest BCUT2D eigenvalue weighted by Crippen LogP contribution is 2.35. The molecule has 5 nitrogen and oxygen atoms in total. The summed E-state index contributed by atoms with van der Waals surface area (Å²) in [5, 5.41) is 11.3. The molecular formula is C15H17ClN4O. The van der Waals surface area contributed by atoms with Crippen LogP contribution in [-0.2, 0) is 5.60 Å². The van der Waals surface area contributed by atoms with Gasteiger partial charge in [0.25, 0.3) is 0 Å². The van der Waals surface area contributed by atoms with Crippen LogP contribution in [-0.4, -0.2) is 33.1 Å². The molecule has 6 heteroatoms. The molecule has 2 aromatic rings. The molecule has 1 aliphatic rings. The molecule has 3 rings (SSSR count). The van der Waals surface area contributed by atoms with E-state index in [1.54, 1.807) is 18.6 Å². The second-order valence-electron chi connectivity index (χ2n) is 5.35. The van der Waals surface area contributed by atoms with Gasteiger partial charge in [-0.15, -0.1) is 0 Å². The van der Waals surface area contributed by atoms with E-state index < -0.39 is 5.60 Å². The normalized spacial score (nSPS) is 17.8. The standard InChI is InChI=1S/C15H17ClN4O/c1-11-18-10-13(16)14(19-11)20-7-4-15(21,5-8-20)12-3-2-6-17-9-12/h2-3,6,9-10,21H,4-5,7-8H2,1H3. The summed E-state index contributed by atoms with van der Waals surface area (Å²) in [6, 6.07) is 3.77. The van der Waals surface area contributed by atoms with Crippen LogP contribution in [0, 0.1) is 6.92 Å². The number of halogens is 1. The van der Waals surface area contributed by atoms with Crippen LogP contribution in [0.25, 0.3) is 0 Å². The van der Waals surface area contributed by atoms with Crippen LogP contribution < -0.4 is 4.90 Å². The van der Waals surface area contributed by atoms with Crippen molar-refractivity contribution in [3.05, 3.63) is 47.1 Å². The van der Waals surface area contributed by atoms with Crippen molar-refractivity contribution in [2.45, 2.75) is 25.4 Å². The molecule has 0 atom stereocenters. The number of pyridine rings is 1. The number of piperidine rings is 1. The summed E-state index contributed by atoms with van der Waals surface area (Å²) in [6.07, 6.45) is 6.32. The monoisotopic (exact) mass is 304 g/mol. The van der Waals surface area contributed by atoms with Gasteiger partial charge in [-0.2, -0.15) is 0 Å². The van der Waals surface area contributed by atoms with Crippen LogP contribution in [0.5, 0.6) is 0 Å². The van der Waals surface area contributed by atoms with Gasteiger partial charge in [-0.25, -0.2) is 9.97 Å². The van der Waals surface area contributed by atoms with Crippen molar-refractivity contribution < 1.29 is 5.11 Å². The van der Waals surface area contributed by atoms with Gasteiger partial charge in [0.15, 0.2) is 5.82 Å². The zero-order valence-corrected chi connectivity index (χ0v) is 12.6. The predicted octanol–water partition coefficient (Wildman–Crippen LogP) is 2.32. The Morgan fingerprint density at radius 1 is 1.29 bits per heavy atom. The van der Waals surface area contributed by atoms with Crippen LogP contribution in [0.2, 0.25) is 5.02 Å². The molecule has 1 N–H and O–H groups in total. The Morgan fingerprint density at radius 3 is 2.71 bits per heavy atom. The Bertz CT molecular complexity index is 627. The molecule has 0 aliphatic carbocycles. The van der Waals surface area contributed by atoms with Gasteiger partial charge in [-0.3, -0.25) is 4.98 Å². The van der Waals surface area contributed by atoms with Gasteiger partial charge >= 0.3 is 0 Å². The van der Waals surface area contributed by atoms with Crippen molar-refractivity contribution >= 4 is 17.4 Å². The number of aryl methyl sites for hydroxylation is 1. The fraction of sp³-hybridized carbons (Fsp3) is 0.400. The molecule has 3 heterocycles. The number of nitrogens with zero attached hydrogens (tertiary/aromatic N) is 4. The maximum atomic E-state index is 10.8. The summed E-state index contributed by atoms with van der Waals surface area (Å²) in [4.78, 5) is 14.7. The summed E-state index contributed by atoms with van der Waals surface area (Å²) >= 11 is 6.18. The Balaban J connectivity index is 1.77. The summed E-state index contributed by atoms with van der Waals surface area (Å²) < 4.78 is 0. The highest BCUT2D eigenvalue weighted by atomic mass is 35.5. The van der Waals surface area contributed by atoms with Crippen molar-refractivity contribution in [2.75, 3.05) is 18.0 Å². The van der Waals surface area contributed by atoms with Gasteiger partial charge in [0, 0.05) is 31.0 Å². The number of anilines is 1. The third-order valence-corrected chi connectivity index (χ3v) is 4.20. The zero-order valence-electron chi connectivity index (χ0n) is 11.8. The van der Waals surface area contributed by atoms with Crippen molar-refractivity contribution in [3.63, 3.8) is 0 Å². The third kappa shape index (κ3) is 2.84. The van der Waals surface area contributed by atoms with E-state index >= 15 is 0 Å². The minimum Gasteiger partial charge on any atom is -0.385 e. The lowest BCUT2D eigenvalue weighted by Crippen LogP contribution is -2.43. The summed E-state index contributed by atoms with van der Waals surface area (Å²) in [5.41, 5.74) is 0.0499. The molecule has 0 aromatic carbocycles. The quantitative estimate of drug-likeness (QED) is 0.922. The Kier molecular flexibility index (Phi) is 3.78.